The number of anilines is 1. The van der Waals surface area contributed by atoms with Crippen molar-refractivity contribution in [3.05, 3.63) is 76.6 Å². The Hall–Kier alpha value is -2.63. The van der Waals surface area contributed by atoms with E-state index in [2.05, 4.69) is 4.57 Å². The molecular formula is C20H17ClFN3O. The van der Waals surface area contributed by atoms with Crippen molar-refractivity contribution in [1.82, 2.24) is 9.55 Å². The molecule has 1 aliphatic heterocycles. The first kappa shape index (κ1) is 16.8. The normalized spacial score (nSPS) is 13.2. The van der Waals surface area contributed by atoms with Crippen molar-refractivity contribution in [3.63, 3.8) is 0 Å². The van der Waals surface area contributed by atoms with Gasteiger partial charge >= 0.3 is 0 Å². The van der Waals surface area contributed by atoms with Crippen LogP contribution in [0.1, 0.15) is 17.1 Å². The quantitative estimate of drug-likeness (QED) is 0.734. The maximum Gasteiger partial charge on any atom is 0.136 e. The van der Waals surface area contributed by atoms with Gasteiger partial charge in [0, 0.05) is 28.0 Å². The molecule has 2 aromatic carbocycles. The summed E-state index contributed by atoms with van der Waals surface area (Å²) in [5.41, 5.74) is 3.84. The minimum absolute atomic E-state index is 0.288. The average molecular weight is 370 g/mol. The number of fused-ring (bicyclic) bond motifs is 1. The van der Waals surface area contributed by atoms with Crippen LogP contribution in [-0.2, 0) is 13.3 Å². The third kappa shape index (κ3) is 2.79. The van der Waals surface area contributed by atoms with E-state index < -0.39 is 5.82 Å². The largest absolute Gasteiger partial charge is 0.391 e. The Bertz CT molecular complexity index is 995. The van der Waals surface area contributed by atoms with E-state index in [1.54, 1.807) is 12.1 Å². The first-order valence-corrected chi connectivity index (χ1v) is 8.62. The van der Waals surface area contributed by atoms with Crippen LogP contribution in [0.5, 0.6) is 0 Å². The van der Waals surface area contributed by atoms with Gasteiger partial charge in [0.1, 0.15) is 18.3 Å². The van der Waals surface area contributed by atoms with Crippen molar-refractivity contribution in [3.8, 4) is 11.3 Å². The highest BCUT2D eigenvalue weighted by molar-refractivity contribution is 6.30. The SMILES string of the molecule is Cc1c(-c2ccc(Cl)cc2)nc2n1CN(c1cccc(F)c1CO)C=C2. The Kier molecular flexibility index (Phi) is 4.26. The van der Waals surface area contributed by atoms with Gasteiger partial charge < -0.3 is 14.6 Å². The third-order valence-corrected chi connectivity index (χ3v) is 4.88. The van der Waals surface area contributed by atoms with Gasteiger partial charge in [-0.2, -0.15) is 0 Å². The number of imidazole rings is 1. The molecular weight excluding hydrogens is 353 g/mol. The lowest BCUT2D eigenvalue weighted by Gasteiger charge is -2.27. The molecule has 0 spiro atoms. The van der Waals surface area contributed by atoms with E-state index in [9.17, 15) is 9.50 Å². The Labute approximate surface area is 155 Å². The van der Waals surface area contributed by atoms with Crippen LogP contribution in [0.25, 0.3) is 17.3 Å². The summed E-state index contributed by atoms with van der Waals surface area (Å²) in [5, 5.41) is 10.2. The van der Waals surface area contributed by atoms with Gasteiger partial charge in [-0.05, 0) is 37.3 Å². The summed E-state index contributed by atoms with van der Waals surface area (Å²) in [4.78, 5) is 6.63. The van der Waals surface area contributed by atoms with Crippen LogP contribution >= 0.6 is 11.6 Å². The van der Waals surface area contributed by atoms with Crippen molar-refractivity contribution in [2.45, 2.75) is 20.2 Å². The fourth-order valence-corrected chi connectivity index (χ4v) is 3.35. The molecule has 6 heteroatoms. The molecule has 0 atom stereocenters. The van der Waals surface area contributed by atoms with E-state index in [0.29, 0.717) is 17.4 Å². The lowest BCUT2D eigenvalue weighted by atomic mass is 10.1. The monoisotopic (exact) mass is 369 g/mol. The van der Waals surface area contributed by atoms with Crippen LogP contribution in [0.4, 0.5) is 10.1 Å². The summed E-state index contributed by atoms with van der Waals surface area (Å²) in [6.45, 7) is 2.16. The highest BCUT2D eigenvalue weighted by Gasteiger charge is 2.21. The Morgan fingerprint density at radius 1 is 1.19 bits per heavy atom. The number of aliphatic hydroxyl groups is 1. The summed E-state index contributed by atoms with van der Waals surface area (Å²) in [6, 6.07) is 12.4. The fraction of sp³-hybridized carbons (Fsp3) is 0.150. The highest BCUT2D eigenvalue weighted by atomic mass is 35.5. The van der Waals surface area contributed by atoms with Gasteiger partial charge in [0.2, 0.25) is 0 Å². The molecule has 4 rings (SSSR count). The molecule has 0 bridgehead atoms. The fourth-order valence-electron chi connectivity index (χ4n) is 3.23. The smallest absolute Gasteiger partial charge is 0.136 e. The molecule has 0 radical (unpaired) electrons. The van der Waals surface area contributed by atoms with Crippen LogP contribution in [0.3, 0.4) is 0 Å². The molecule has 0 saturated heterocycles. The summed E-state index contributed by atoms with van der Waals surface area (Å²) < 4.78 is 16.1. The Morgan fingerprint density at radius 2 is 1.96 bits per heavy atom. The number of rotatable bonds is 3. The number of aliphatic hydroxyl groups excluding tert-OH is 1. The average Bonchev–Trinajstić information content (AvgIpc) is 2.98. The standard InChI is InChI=1S/C20H17ClFN3O/c1-13-20(14-5-7-15(21)8-6-14)23-19-9-10-24(12-25(13)19)18-4-2-3-17(22)16(18)11-26/h2-10,26H,11-12H2,1H3. The second-order valence-corrected chi connectivity index (χ2v) is 6.60. The van der Waals surface area contributed by atoms with Gasteiger partial charge in [0.15, 0.2) is 0 Å². The first-order valence-electron chi connectivity index (χ1n) is 8.24. The van der Waals surface area contributed by atoms with Crippen molar-refractivity contribution >= 4 is 23.4 Å². The molecule has 0 amide bonds. The molecule has 0 saturated carbocycles. The summed E-state index contributed by atoms with van der Waals surface area (Å²) in [5.74, 6) is 0.430. The van der Waals surface area contributed by atoms with Gasteiger partial charge in [0.05, 0.1) is 18.0 Å². The van der Waals surface area contributed by atoms with Crippen molar-refractivity contribution in [2.24, 2.45) is 0 Å². The number of benzene rings is 2. The number of aromatic nitrogens is 2. The zero-order valence-electron chi connectivity index (χ0n) is 14.2. The minimum Gasteiger partial charge on any atom is -0.391 e. The van der Waals surface area contributed by atoms with E-state index in [1.807, 2.05) is 48.4 Å². The van der Waals surface area contributed by atoms with Gasteiger partial charge in [-0.1, -0.05) is 29.8 Å². The Morgan fingerprint density at radius 3 is 2.69 bits per heavy atom. The molecule has 3 aromatic rings. The lowest BCUT2D eigenvalue weighted by Crippen LogP contribution is -2.26. The molecule has 0 unspecified atom stereocenters. The number of halogens is 2. The van der Waals surface area contributed by atoms with Crippen molar-refractivity contribution in [1.29, 1.82) is 0 Å². The lowest BCUT2D eigenvalue weighted by molar-refractivity contribution is 0.276. The van der Waals surface area contributed by atoms with Crippen LogP contribution < -0.4 is 4.90 Å². The highest BCUT2D eigenvalue weighted by Crippen LogP contribution is 2.31. The summed E-state index contributed by atoms with van der Waals surface area (Å²) in [6.07, 6.45) is 3.75. The second kappa shape index (κ2) is 6.59. The van der Waals surface area contributed by atoms with E-state index in [4.69, 9.17) is 16.6 Å². The molecule has 26 heavy (non-hydrogen) atoms. The zero-order chi connectivity index (χ0) is 18.3. The van der Waals surface area contributed by atoms with Crippen molar-refractivity contribution < 1.29 is 9.50 Å². The molecule has 1 N–H and O–H groups in total. The molecule has 4 nitrogen and oxygen atoms in total. The topological polar surface area (TPSA) is 41.3 Å². The maximum absolute atomic E-state index is 14.0. The van der Waals surface area contributed by atoms with Crippen LogP contribution in [0.2, 0.25) is 5.02 Å². The predicted octanol–water partition coefficient (Wildman–Crippen LogP) is 4.59. The zero-order valence-corrected chi connectivity index (χ0v) is 14.9. The van der Waals surface area contributed by atoms with E-state index in [1.165, 1.54) is 6.07 Å². The van der Waals surface area contributed by atoms with Gasteiger partial charge in [-0.3, -0.25) is 0 Å². The molecule has 0 fully saturated rings. The van der Waals surface area contributed by atoms with Crippen LogP contribution in [0.15, 0.2) is 48.7 Å². The number of hydrogen-bond donors (Lipinski definition) is 1. The van der Waals surface area contributed by atoms with Crippen LogP contribution in [-0.4, -0.2) is 14.7 Å². The Balaban J connectivity index is 1.72. The first-order chi connectivity index (χ1) is 12.6. The predicted molar refractivity (Wildman–Crippen MR) is 101 cm³/mol. The molecule has 1 aliphatic rings. The van der Waals surface area contributed by atoms with E-state index in [-0.39, 0.29) is 12.2 Å². The van der Waals surface area contributed by atoms with E-state index in [0.717, 1.165) is 22.8 Å². The second-order valence-electron chi connectivity index (χ2n) is 6.16. The number of hydrogen-bond acceptors (Lipinski definition) is 3. The third-order valence-electron chi connectivity index (χ3n) is 4.63. The minimum atomic E-state index is -0.409. The molecule has 2 heterocycles. The van der Waals surface area contributed by atoms with Gasteiger partial charge in [0.25, 0.3) is 0 Å². The molecule has 132 valence electrons. The summed E-state index contributed by atoms with van der Waals surface area (Å²) >= 11 is 5.97. The number of nitrogens with zero attached hydrogens (tertiary/aromatic N) is 3. The van der Waals surface area contributed by atoms with Crippen LogP contribution in [0, 0.1) is 12.7 Å². The summed E-state index contributed by atoms with van der Waals surface area (Å²) in [7, 11) is 0. The van der Waals surface area contributed by atoms with Crippen molar-refractivity contribution in [2.75, 3.05) is 4.90 Å². The van der Waals surface area contributed by atoms with Gasteiger partial charge in [-0.25, -0.2) is 9.37 Å². The van der Waals surface area contributed by atoms with E-state index >= 15 is 0 Å². The maximum atomic E-state index is 14.0. The molecule has 1 aromatic heterocycles. The van der Waals surface area contributed by atoms with Gasteiger partial charge in [-0.15, -0.1) is 0 Å². The molecule has 0 aliphatic carbocycles.